The molecule has 0 unspecified atom stereocenters. The van der Waals surface area contributed by atoms with E-state index in [0.717, 1.165) is 23.9 Å². The number of aromatic nitrogens is 3. The molecule has 5 nitrogen and oxygen atoms in total. The number of hydrogen-bond acceptors (Lipinski definition) is 4. The average molecular weight is 280 g/mol. The molecule has 0 amide bonds. The van der Waals surface area contributed by atoms with Crippen LogP contribution in [0.2, 0.25) is 0 Å². The summed E-state index contributed by atoms with van der Waals surface area (Å²) < 4.78 is 1.84. The zero-order valence-corrected chi connectivity index (χ0v) is 11.8. The van der Waals surface area contributed by atoms with Crippen LogP contribution in [0.4, 0.5) is 5.69 Å². The minimum Gasteiger partial charge on any atom is -0.398 e. The molecule has 0 aliphatic carbocycles. The van der Waals surface area contributed by atoms with Gasteiger partial charge in [0.05, 0.1) is 5.52 Å². The topological polar surface area (TPSA) is 73.8 Å². The van der Waals surface area contributed by atoms with E-state index in [1.807, 2.05) is 28.8 Å². The summed E-state index contributed by atoms with van der Waals surface area (Å²) in [7, 11) is 0. The second-order valence-corrected chi connectivity index (χ2v) is 4.89. The van der Waals surface area contributed by atoms with E-state index in [-0.39, 0.29) is 5.78 Å². The lowest BCUT2D eigenvalue weighted by Crippen LogP contribution is -2.13. The monoisotopic (exact) mass is 280 g/mol. The molecule has 2 N–H and O–H groups in total. The van der Waals surface area contributed by atoms with E-state index >= 15 is 0 Å². The van der Waals surface area contributed by atoms with Crippen LogP contribution < -0.4 is 5.73 Å². The van der Waals surface area contributed by atoms with Gasteiger partial charge in [0.25, 0.3) is 0 Å². The molecule has 0 aliphatic heterocycles. The van der Waals surface area contributed by atoms with E-state index in [9.17, 15) is 4.79 Å². The number of imidazole rings is 1. The first kappa shape index (κ1) is 13.3. The van der Waals surface area contributed by atoms with Gasteiger partial charge in [-0.15, -0.1) is 0 Å². The zero-order chi connectivity index (χ0) is 14.8. The van der Waals surface area contributed by atoms with Crippen molar-refractivity contribution in [2.75, 3.05) is 5.73 Å². The largest absolute Gasteiger partial charge is 0.398 e. The number of benzene rings is 1. The van der Waals surface area contributed by atoms with Crippen molar-refractivity contribution in [3.05, 3.63) is 54.2 Å². The van der Waals surface area contributed by atoms with Crippen LogP contribution in [0.5, 0.6) is 0 Å². The van der Waals surface area contributed by atoms with E-state index in [1.54, 1.807) is 18.5 Å². The molecule has 21 heavy (non-hydrogen) atoms. The number of nitrogen functional groups attached to an aromatic ring is 1. The highest BCUT2D eigenvalue weighted by molar-refractivity contribution is 6.08. The van der Waals surface area contributed by atoms with Gasteiger partial charge in [0.2, 0.25) is 5.78 Å². The third-order valence-electron chi connectivity index (χ3n) is 3.36. The van der Waals surface area contributed by atoms with Crippen molar-refractivity contribution in [1.29, 1.82) is 0 Å². The van der Waals surface area contributed by atoms with Crippen molar-refractivity contribution in [2.45, 2.75) is 19.9 Å². The van der Waals surface area contributed by atoms with Gasteiger partial charge in [0.15, 0.2) is 5.82 Å². The van der Waals surface area contributed by atoms with E-state index in [1.165, 1.54) is 0 Å². The Bertz CT molecular complexity index is 807. The molecule has 0 aliphatic rings. The number of hydrogen-bond donors (Lipinski definition) is 1. The Morgan fingerprint density at radius 3 is 2.95 bits per heavy atom. The van der Waals surface area contributed by atoms with Crippen LogP contribution in [0, 0.1) is 0 Å². The average Bonchev–Trinajstić information content (AvgIpc) is 2.95. The lowest BCUT2D eigenvalue weighted by atomic mass is 10.1. The maximum atomic E-state index is 12.6. The van der Waals surface area contributed by atoms with Gasteiger partial charge in [-0.05, 0) is 18.6 Å². The Labute approximate surface area is 122 Å². The molecule has 0 spiro atoms. The number of rotatable bonds is 4. The van der Waals surface area contributed by atoms with E-state index in [2.05, 4.69) is 16.9 Å². The molecule has 0 saturated carbocycles. The Morgan fingerprint density at radius 1 is 1.33 bits per heavy atom. The van der Waals surface area contributed by atoms with Crippen molar-refractivity contribution in [3.8, 4) is 0 Å². The van der Waals surface area contributed by atoms with Crippen LogP contribution in [0.1, 0.15) is 29.7 Å². The summed E-state index contributed by atoms with van der Waals surface area (Å²) in [5.74, 6) is 0.199. The maximum Gasteiger partial charge on any atom is 0.246 e. The second kappa shape index (κ2) is 5.36. The molecule has 3 aromatic rings. The number of aryl methyl sites for hydroxylation is 1. The summed E-state index contributed by atoms with van der Waals surface area (Å²) in [5.41, 5.74) is 7.62. The van der Waals surface area contributed by atoms with Crippen molar-refractivity contribution in [1.82, 2.24) is 14.5 Å². The van der Waals surface area contributed by atoms with Gasteiger partial charge in [-0.3, -0.25) is 4.79 Å². The minimum atomic E-state index is -0.203. The molecular formula is C16H16N4O. The summed E-state index contributed by atoms with van der Waals surface area (Å²) in [5, 5.41) is 0.853. The molecule has 106 valence electrons. The number of para-hydroxylation sites is 1. The lowest BCUT2D eigenvalue weighted by molar-refractivity contribution is 0.102. The van der Waals surface area contributed by atoms with Crippen molar-refractivity contribution in [2.24, 2.45) is 0 Å². The Morgan fingerprint density at radius 2 is 2.14 bits per heavy atom. The number of nitrogens with two attached hydrogens (primary N) is 1. The van der Waals surface area contributed by atoms with Gasteiger partial charge in [-0.1, -0.05) is 25.1 Å². The number of carbonyl (C=O) groups excluding carboxylic acids is 1. The van der Waals surface area contributed by atoms with Gasteiger partial charge in [-0.2, -0.15) is 0 Å². The standard InChI is InChI=1S/C16H16N4O/c1-2-8-20-9-7-18-16(20)15(21)14-10-12(17)11-5-3-4-6-13(11)19-14/h3-7,9-10H,2,8H2,1H3,(H2,17,19). The maximum absolute atomic E-state index is 12.6. The first-order chi connectivity index (χ1) is 10.2. The molecule has 0 saturated heterocycles. The molecular weight excluding hydrogens is 264 g/mol. The normalized spacial score (nSPS) is 10.9. The Balaban J connectivity index is 2.07. The van der Waals surface area contributed by atoms with Crippen LogP contribution >= 0.6 is 0 Å². The highest BCUT2D eigenvalue weighted by Gasteiger charge is 2.17. The van der Waals surface area contributed by atoms with Gasteiger partial charge >= 0.3 is 0 Å². The van der Waals surface area contributed by atoms with Crippen LogP contribution in [-0.4, -0.2) is 20.3 Å². The van der Waals surface area contributed by atoms with Gasteiger partial charge < -0.3 is 10.3 Å². The van der Waals surface area contributed by atoms with Crippen molar-refractivity contribution >= 4 is 22.4 Å². The smallest absolute Gasteiger partial charge is 0.246 e. The van der Waals surface area contributed by atoms with Gasteiger partial charge in [0.1, 0.15) is 5.69 Å². The number of carbonyl (C=O) groups is 1. The van der Waals surface area contributed by atoms with Crippen molar-refractivity contribution in [3.63, 3.8) is 0 Å². The molecule has 0 fully saturated rings. The molecule has 0 atom stereocenters. The van der Waals surface area contributed by atoms with Crippen LogP contribution in [0.25, 0.3) is 10.9 Å². The predicted molar refractivity (Wildman–Crippen MR) is 82.1 cm³/mol. The molecule has 3 rings (SSSR count). The first-order valence-electron chi connectivity index (χ1n) is 6.91. The zero-order valence-electron chi connectivity index (χ0n) is 11.8. The van der Waals surface area contributed by atoms with E-state index in [0.29, 0.717) is 17.2 Å². The quantitative estimate of drug-likeness (QED) is 0.746. The first-order valence-corrected chi connectivity index (χ1v) is 6.91. The summed E-state index contributed by atoms with van der Waals surface area (Å²) in [6, 6.07) is 9.14. The van der Waals surface area contributed by atoms with Crippen LogP contribution in [0.3, 0.4) is 0 Å². The number of pyridine rings is 1. The molecule has 0 bridgehead atoms. The third kappa shape index (κ3) is 2.38. The van der Waals surface area contributed by atoms with Crippen LogP contribution in [0.15, 0.2) is 42.7 Å². The second-order valence-electron chi connectivity index (χ2n) is 4.89. The fourth-order valence-electron chi connectivity index (χ4n) is 2.37. The highest BCUT2D eigenvalue weighted by atomic mass is 16.1. The van der Waals surface area contributed by atoms with E-state index in [4.69, 9.17) is 5.73 Å². The van der Waals surface area contributed by atoms with Gasteiger partial charge in [0, 0.05) is 30.0 Å². The van der Waals surface area contributed by atoms with E-state index < -0.39 is 0 Å². The molecule has 2 aromatic heterocycles. The Hall–Kier alpha value is -2.69. The highest BCUT2D eigenvalue weighted by Crippen LogP contribution is 2.21. The molecule has 1 aromatic carbocycles. The molecule has 0 radical (unpaired) electrons. The predicted octanol–water partition coefficient (Wildman–Crippen LogP) is 2.65. The summed E-state index contributed by atoms with van der Waals surface area (Å²) in [6.45, 7) is 2.81. The molecule has 2 heterocycles. The number of fused-ring (bicyclic) bond motifs is 1. The summed E-state index contributed by atoms with van der Waals surface area (Å²) in [6.07, 6.45) is 4.37. The molecule has 5 heteroatoms. The summed E-state index contributed by atoms with van der Waals surface area (Å²) >= 11 is 0. The summed E-state index contributed by atoms with van der Waals surface area (Å²) in [4.78, 5) is 21.2. The van der Waals surface area contributed by atoms with Crippen molar-refractivity contribution < 1.29 is 4.79 Å². The lowest BCUT2D eigenvalue weighted by Gasteiger charge is -2.07. The SMILES string of the molecule is CCCn1ccnc1C(=O)c1cc(N)c2ccccc2n1. The fourth-order valence-corrected chi connectivity index (χ4v) is 2.37. The Kier molecular flexibility index (Phi) is 3.39. The number of nitrogens with zero attached hydrogens (tertiary/aromatic N) is 3. The fraction of sp³-hybridized carbons (Fsp3) is 0.188. The van der Waals surface area contributed by atoms with Gasteiger partial charge in [-0.25, -0.2) is 9.97 Å². The number of anilines is 1. The minimum absolute atomic E-state index is 0.203. The number of ketones is 1. The van der Waals surface area contributed by atoms with Crippen LogP contribution in [-0.2, 0) is 6.54 Å². The third-order valence-corrected chi connectivity index (χ3v) is 3.36.